The predicted molar refractivity (Wildman–Crippen MR) is 72.3 cm³/mol. The van der Waals surface area contributed by atoms with E-state index in [4.69, 9.17) is 0 Å². The molecule has 2 aromatic rings. The third-order valence-electron chi connectivity index (χ3n) is 2.79. The summed E-state index contributed by atoms with van der Waals surface area (Å²) < 4.78 is 0. The number of nitrogens with zero attached hydrogens (tertiary/aromatic N) is 2. The Morgan fingerprint density at radius 1 is 1.56 bits per heavy atom. The van der Waals surface area contributed by atoms with Crippen LogP contribution in [0.2, 0.25) is 0 Å². The van der Waals surface area contributed by atoms with E-state index in [1.165, 1.54) is 4.88 Å². The van der Waals surface area contributed by atoms with Crippen molar-refractivity contribution in [2.45, 2.75) is 25.8 Å². The molecule has 0 aliphatic carbocycles. The first kappa shape index (κ1) is 12.8. The second-order valence-electron chi connectivity index (χ2n) is 4.29. The number of hydrogen-bond acceptors (Lipinski definition) is 3. The number of carbonyl (C=O) groups excluding carboxylic acids is 1. The lowest BCUT2D eigenvalue weighted by Crippen LogP contribution is -2.25. The summed E-state index contributed by atoms with van der Waals surface area (Å²) in [6.07, 6.45) is 6.06. The Hall–Kier alpha value is -1.62. The van der Waals surface area contributed by atoms with E-state index in [0.29, 0.717) is 13.0 Å². The Kier molecular flexibility index (Phi) is 4.52. The zero-order chi connectivity index (χ0) is 12.8. The molecule has 0 aliphatic heterocycles. The molecule has 1 N–H and O–H groups in total. The van der Waals surface area contributed by atoms with E-state index in [-0.39, 0.29) is 5.91 Å². The number of rotatable bonds is 6. The summed E-state index contributed by atoms with van der Waals surface area (Å²) >= 11 is 1.75. The molecule has 18 heavy (non-hydrogen) atoms. The summed E-state index contributed by atoms with van der Waals surface area (Å²) in [6, 6.07) is 4.16. The van der Waals surface area contributed by atoms with Crippen LogP contribution in [0, 0.1) is 0 Å². The summed E-state index contributed by atoms with van der Waals surface area (Å²) in [6.45, 7) is 0.619. The normalized spacial score (nSPS) is 10.5. The molecule has 2 heterocycles. The standard InChI is InChI=1S/C13H17N3OS/c1-16(10-11-8-14-15-9-11)13(17)6-2-4-12-5-3-7-18-12/h3,5,7-9H,2,4,6,10H2,1H3,(H,14,15). The Bertz CT molecular complexity index is 464. The zero-order valence-electron chi connectivity index (χ0n) is 10.4. The molecule has 96 valence electrons. The summed E-state index contributed by atoms with van der Waals surface area (Å²) in [7, 11) is 1.83. The average molecular weight is 263 g/mol. The molecule has 1 amide bonds. The van der Waals surface area contributed by atoms with Gasteiger partial charge in [-0.2, -0.15) is 5.10 Å². The van der Waals surface area contributed by atoms with Gasteiger partial charge in [-0.25, -0.2) is 0 Å². The smallest absolute Gasteiger partial charge is 0.222 e. The molecule has 4 nitrogen and oxygen atoms in total. The zero-order valence-corrected chi connectivity index (χ0v) is 11.2. The molecule has 5 heteroatoms. The van der Waals surface area contributed by atoms with Gasteiger partial charge in [0.2, 0.25) is 5.91 Å². The van der Waals surface area contributed by atoms with E-state index >= 15 is 0 Å². The highest BCUT2D eigenvalue weighted by atomic mass is 32.1. The maximum atomic E-state index is 11.9. The van der Waals surface area contributed by atoms with Crippen LogP contribution in [0.4, 0.5) is 0 Å². The van der Waals surface area contributed by atoms with Crippen LogP contribution in [0.5, 0.6) is 0 Å². The molecule has 0 aromatic carbocycles. The first-order valence-electron chi connectivity index (χ1n) is 5.99. The van der Waals surface area contributed by atoms with Gasteiger partial charge < -0.3 is 4.90 Å². The number of H-pyrrole nitrogens is 1. The van der Waals surface area contributed by atoms with Crippen LogP contribution in [0.1, 0.15) is 23.3 Å². The molecule has 0 fully saturated rings. The third kappa shape index (κ3) is 3.70. The SMILES string of the molecule is CN(Cc1cn[nH]c1)C(=O)CCCc1cccs1. The molecule has 0 unspecified atom stereocenters. The second kappa shape index (κ2) is 6.35. The van der Waals surface area contributed by atoms with Crippen LogP contribution in [-0.4, -0.2) is 28.1 Å². The van der Waals surface area contributed by atoms with Crippen molar-refractivity contribution in [1.82, 2.24) is 15.1 Å². The molecule has 0 aliphatic rings. The minimum atomic E-state index is 0.188. The molecule has 0 saturated heterocycles. The number of hydrogen-bond donors (Lipinski definition) is 1. The Labute approximate surface area is 111 Å². The van der Waals surface area contributed by atoms with Gasteiger partial charge in [-0.3, -0.25) is 9.89 Å². The van der Waals surface area contributed by atoms with Gasteiger partial charge in [0.25, 0.3) is 0 Å². The Morgan fingerprint density at radius 3 is 3.11 bits per heavy atom. The van der Waals surface area contributed by atoms with Gasteiger partial charge in [0.15, 0.2) is 0 Å². The van der Waals surface area contributed by atoms with E-state index in [2.05, 4.69) is 21.6 Å². The molecule has 0 bridgehead atoms. The van der Waals surface area contributed by atoms with Gasteiger partial charge in [0.05, 0.1) is 6.20 Å². The lowest BCUT2D eigenvalue weighted by atomic mass is 10.2. The van der Waals surface area contributed by atoms with Gasteiger partial charge in [-0.05, 0) is 24.3 Å². The van der Waals surface area contributed by atoms with E-state index < -0.39 is 0 Å². The van der Waals surface area contributed by atoms with Gasteiger partial charge in [-0.15, -0.1) is 11.3 Å². The number of aryl methyl sites for hydroxylation is 1. The van der Waals surface area contributed by atoms with Crippen LogP contribution < -0.4 is 0 Å². The Balaban J connectivity index is 1.70. The lowest BCUT2D eigenvalue weighted by Gasteiger charge is -2.15. The van der Waals surface area contributed by atoms with E-state index in [1.807, 2.05) is 19.3 Å². The summed E-state index contributed by atoms with van der Waals surface area (Å²) in [4.78, 5) is 15.0. The fourth-order valence-electron chi connectivity index (χ4n) is 1.79. The van der Waals surface area contributed by atoms with Crippen LogP contribution in [-0.2, 0) is 17.8 Å². The van der Waals surface area contributed by atoms with E-state index in [1.54, 1.807) is 22.4 Å². The minimum Gasteiger partial charge on any atom is -0.341 e. The topological polar surface area (TPSA) is 49.0 Å². The van der Waals surface area contributed by atoms with Crippen LogP contribution >= 0.6 is 11.3 Å². The number of amides is 1. The van der Waals surface area contributed by atoms with Crippen LogP contribution in [0.15, 0.2) is 29.9 Å². The van der Waals surface area contributed by atoms with Crippen molar-refractivity contribution in [2.75, 3.05) is 7.05 Å². The molecular formula is C13H17N3OS. The third-order valence-corrected chi connectivity index (χ3v) is 3.73. The number of aromatic nitrogens is 2. The molecule has 0 atom stereocenters. The van der Waals surface area contributed by atoms with Gasteiger partial charge in [-0.1, -0.05) is 6.07 Å². The quantitative estimate of drug-likeness (QED) is 0.870. The molecule has 2 rings (SSSR count). The van der Waals surface area contributed by atoms with Crippen LogP contribution in [0.25, 0.3) is 0 Å². The van der Waals surface area contributed by atoms with Crippen molar-refractivity contribution in [1.29, 1.82) is 0 Å². The first-order valence-corrected chi connectivity index (χ1v) is 6.87. The molecule has 2 aromatic heterocycles. The second-order valence-corrected chi connectivity index (χ2v) is 5.32. The van der Waals surface area contributed by atoms with Crippen molar-refractivity contribution in [3.05, 3.63) is 40.3 Å². The average Bonchev–Trinajstić information content (AvgIpc) is 3.01. The minimum absolute atomic E-state index is 0.188. The van der Waals surface area contributed by atoms with Crippen molar-refractivity contribution in [3.8, 4) is 0 Å². The molecule has 0 radical (unpaired) electrons. The van der Waals surface area contributed by atoms with Crippen LogP contribution in [0.3, 0.4) is 0 Å². The van der Waals surface area contributed by atoms with Gasteiger partial charge >= 0.3 is 0 Å². The number of carbonyl (C=O) groups is 1. The van der Waals surface area contributed by atoms with Crippen molar-refractivity contribution in [2.24, 2.45) is 0 Å². The summed E-state index contributed by atoms with van der Waals surface area (Å²) in [5.74, 6) is 0.188. The number of nitrogens with one attached hydrogen (secondary N) is 1. The number of aromatic amines is 1. The monoisotopic (exact) mass is 263 g/mol. The van der Waals surface area contributed by atoms with Crippen molar-refractivity contribution >= 4 is 17.2 Å². The predicted octanol–water partition coefficient (Wildman–Crippen LogP) is 2.45. The summed E-state index contributed by atoms with van der Waals surface area (Å²) in [5, 5.41) is 8.69. The number of thiophene rings is 1. The van der Waals surface area contributed by atoms with E-state index in [9.17, 15) is 4.79 Å². The highest BCUT2D eigenvalue weighted by molar-refractivity contribution is 7.09. The largest absolute Gasteiger partial charge is 0.341 e. The summed E-state index contributed by atoms with van der Waals surface area (Å²) in [5.41, 5.74) is 1.03. The van der Waals surface area contributed by atoms with Crippen molar-refractivity contribution in [3.63, 3.8) is 0 Å². The fraction of sp³-hybridized carbons (Fsp3) is 0.385. The van der Waals surface area contributed by atoms with Gasteiger partial charge in [0, 0.05) is 36.7 Å². The fourth-order valence-corrected chi connectivity index (χ4v) is 2.54. The van der Waals surface area contributed by atoms with E-state index in [0.717, 1.165) is 18.4 Å². The maximum absolute atomic E-state index is 11.9. The van der Waals surface area contributed by atoms with Crippen molar-refractivity contribution < 1.29 is 4.79 Å². The highest BCUT2D eigenvalue weighted by Gasteiger charge is 2.09. The maximum Gasteiger partial charge on any atom is 0.222 e. The van der Waals surface area contributed by atoms with Gasteiger partial charge in [0.1, 0.15) is 0 Å². The molecule has 0 spiro atoms. The Morgan fingerprint density at radius 2 is 2.44 bits per heavy atom. The molecular weight excluding hydrogens is 246 g/mol. The highest BCUT2D eigenvalue weighted by Crippen LogP contribution is 2.12. The lowest BCUT2D eigenvalue weighted by molar-refractivity contribution is -0.130. The first-order chi connectivity index (χ1) is 8.75. The molecule has 0 saturated carbocycles.